The first-order valence-corrected chi connectivity index (χ1v) is 15.3. The summed E-state index contributed by atoms with van der Waals surface area (Å²) >= 11 is 0. The standard InChI is InChI=1S/C43H27N/c44-26-27-18-19-31-25-32(21-20-30(31)24-27)33-22-23-38-41-34(33)16-9-17-37(41)42-39(28-10-3-1-4-11-28)35-14-7-8-15-36(35)40(43(38)42)29-12-5-2-6-13-29/h2-3,5-25H,1,4H2. The lowest BCUT2D eigenvalue weighted by molar-refractivity contribution is 1.04. The van der Waals surface area contributed by atoms with E-state index in [4.69, 9.17) is 0 Å². The molecule has 7 aromatic carbocycles. The van der Waals surface area contributed by atoms with Crippen molar-refractivity contribution in [2.24, 2.45) is 0 Å². The van der Waals surface area contributed by atoms with E-state index in [1.54, 1.807) is 0 Å². The third-order valence-electron chi connectivity index (χ3n) is 9.42. The molecule has 0 heterocycles. The Hall–Kier alpha value is -5.71. The highest BCUT2D eigenvalue weighted by atomic mass is 14.3. The second-order valence-corrected chi connectivity index (χ2v) is 11.8. The van der Waals surface area contributed by atoms with Gasteiger partial charge >= 0.3 is 0 Å². The summed E-state index contributed by atoms with van der Waals surface area (Å²) in [5.74, 6) is 0. The number of hydrogen-bond donors (Lipinski definition) is 0. The van der Waals surface area contributed by atoms with Gasteiger partial charge in [0.05, 0.1) is 11.6 Å². The Morgan fingerprint density at radius 1 is 0.500 bits per heavy atom. The molecule has 9 rings (SSSR count). The number of nitrogens with zero attached hydrogens (tertiary/aromatic N) is 1. The Bertz CT molecular complexity index is 2430. The molecule has 0 amide bonds. The highest BCUT2D eigenvalue weighted by molar-refractivity contribution is 6.27. The zero-order valence-corrected chi connectivity index (χ0v) is 24.1. The highest BCUT2D eigenvalue weighted by Crippen LogP contribution is 2.57. The number of fused-ring (bicyclic) bond motifs is 5. The van der Waals surface area contributed by atoms with Gasteiger partial charge in [-0.05, 0) is 119 Å². The molecule has 0 spiro atoms. The van der Waals surface area contributed by atoms with Crippen LogP contribution in [0.25, 0.3) is 82.4 Å². The normalized spacial score (nSPS) is 13.3. The predicted octanol–water partition coefficient (Wildman–Crippen LogP) is 11.7. The van der Waals surface area contributed by atoms with Crippen LogP contribution in [0.5, 0.6) is 0 Å². The molecule has 0 atom stereocenters. The van der Waals surface area contributed by atoms with Crippen LogP contribution in [-0.2, 0) is 0 Å². The molecule has 44 heavy (non-hydrogen) atoms. The van der Waals surface area contributed by atoms with Crippen LogP contribution in [0.15, 0.2) is 140 Å². The van der Waals surface area contributed by atoms with E-state index >= 15 is 0 Å². The molecular weight excluding hydrogens is 530 g/mol. The largest absolute Gasteiger partial charge is 0.192 e. The van der Waals surface area contributed by atoms with Crippen molar-refractivity contribution in [2.75, 3.05) is 0 Å². The molecule has 0 bridgehead atoms. The van der Waals surface area contributed by atoms with Gasteiger partial charge < -0.3 is 0 Å². The molecule has 1 heteroatoms. The van der Waals surface area contributed by atoms with Crippen LogP contribution in [0.1, 0.15) is 24.0 Å². The molecule has 0 fully saturated rings. The minimum Gasteiger partial charge on any atom is -0.192 e. The van der Waals surface area contributed by atoms with Crippen molar-refractivity contribution in [1.82, 2.24) is 0 Å². The summed E-state index contributed by atoms with van der Waals surface area (Å²) in [6.45, 7) is 0. The lowest BCUT2D eigenvalue weighted by Gasteiger charge is -2.21. The molecule has 0 unspecified atom stereocenters. The lowest BCUT2D eigenvalue weighted by atomic mass is 9.81. The number of rotatable bonds is 3. The molecule has 7 aromatic rings. The van der Waals surface area contributed by atoms with Gasteiger partial charge in [0.2, 0.25) is 0 Å². The Morgan fingerprint density at radius 3 is 2.02 bits per heavy atom. The number of nitriles is 1. The quantitative estimate of drug-likeness (QED) is 0.212. The molecule has 0 saturated carbocycles. The van der Waals surface area contributed by atoms with E-state index in [1.165, 1.54) is 77.2 Å². The summed E-state index contributed by atoms with van der Waals surface area (Å²) in [6.07, 6.45) is 9.23. The summed E-state index contributed by atoms with van der Waals surface area (Å²) in [5.41, 5.74) is 13.6. The molecule has 0 saturated heterocycles. The molecule has 0 N–H and O–H groups in total. The van der Waals surface area contributed by atoms with Crippen LogP contribution in [0, 0.1) is 11.3 Å². The molecule has 0 aromatic heterocycles. The third kappa shape index (κ3) is 3.58. The average molecular weight is 558 g/mol. The smallest absolute Gasteiger partial charge is 0.0991 e. The van der Waals surface area contributed by atoms with E-state index in [1.807, 2.05) is 12.1 Å². The topological polar surface area (TPSA) is 23.8 Å². The summed E-state index contributed by atoms with van der Waals surface area (Å²) in [5, 5.41) is 16.8. The van der Waals surface area contributed by atoms with Gasteiger partial charge in [0.15, 0.2) is 0 Å². The second kappa shape index (κ2) is 9.66. The van der Waals surface area contributed by atoms with Crippen molar-refractivity contribution < 1.29 is 0 Å². The average Bonchev–Trinajstić information content (AvgIpc) is 3.42. The van der Waals surface area contributed by atoms with Gasteiger partial charge in [0, 0.05) is 0 Å². The molecule has 0 aliphatic heterocycles. The van der Waals surface area contributed by atoms with Gasteiger partial charge in [-0.3, -0.25) is 0 Å². The Balaban J connectivity index is 1.39. The first-order valence-electron chi connectivity index (χ1n) is 15.3. The summed E-state index contributed by atoms with van der Waals surface area (Å²) < 4.78 is 0. The maximum Gasteiger partial charge on any atom is 0.0991 e. The molecule has 2 aliphatic rings. The maximum absolute atomic E-state index is 9.38. The van der Waals surface area contributed by atoms with E-state index in [0.29, 0.717) is 5.56 Å². The van der Waals surface area contributed by atoms with Crippen molar-refractivity contribution in [1.29, 1.82) is 5.26 Å². The van der Waals surface area contributed by atoms with Crippen LogP contribution in [0.4, 0.5) is 0 Å². The van der Waals surface area contributed by atoms with E-state index in [-0.39, 0.29) is 0 Å². The van der Waals surface area contributed by atoms with Gasteiger partial charge in [-0.15, -0.1) is 0 Å². The first-order chi connectivity index (χ1) is 21.8. The molecule has 204 valence electrons. The summed E-state index contributed by atoms with van der Waals surface area (Å²) in [7, 11) is 0. The first kappa shape index (κ1) is 24.8. The third-order valence-corrected chi connectivity index (χ3v) is 9.42. The van der Waals surface area contributed by atoms with Crippen molar-refractivity contribution >= 4 is 37.9 Å². The zero-order valence-electron chi connectivity index (χ0n) is 24.1. The number of hydrogen-bond acceptors (Lipinski definition) is 1. The van der Waals surface area contributed by atoms with Gasteiger partial charge in [-0.1, -0.05) is 121 Å². The number of benzene rings is 7. The fraction of sp³-hybridized carbons (Fsp3) is 0.0465. The van der Waals surface area contributed by atoms with Crippen molar-refractivity contribution in [2.45, 2.75) is 12.8 Å². The van der Waals surface area contributed by atoms with E-state index in [9.17, 15) is 5.26 Å². The van der Waals surface area contributed by atoms with E-state index in [0.717, 1.165) is 23.6 Å². The number of allylic oxidation sites excluding steroid dienone is 4. The molecule has 0 radical (unpaired) electrons. The molecular formula is C43H27N. The molecule has 1 nitrogen and oxygen atoms in total. The van der Waals surface area contributed by atoms with Crippen LogP contribution >= 0.6 is 0 Å². The van der Waals surface area contributed by atoms with Crippen LogP contribution < -0.4 is 0 Å². The van der Waals surface area contributed by atoms with Gasteiger partial charge in [-0.25, -0.2) is 0 Å². The second-order valence-electron chi connectivity index (χ2n) is 11.8. The minimum atomic E-state index is 0.689. The SMILES string of the molecule is N#Cc1ccc2cc(-c3ccc4c5c(cccc35)-c3c-4c(-c4ccccc4)c4ccccc4c3C3=CCCC=C3)ccc2c1. The maximum atomic E-state index is 9.38. The van der Waals surface area contributed by atoms with Crippen LogP contribution in [0.3, 0.4) is 0 Å². The fourth-order valence-electron chi connectivity index (χ4n) is 7.54. The van der Waals surface area contributed by atoms with E-state index in [2.05, 4.69) is 133 Å². The van der Waals surface area contributed by atoms with Gasteiger partial charge in [-0.2, -0.15) is 5.26 Å². The van der Waals surface area contributed by atoms with Crippen molar-refractivity contribution in [3.8, 4) is 50.6 Å². The Kier molecular flexibility index (Phi) is 5.46. The summed E-state index contributed by atoms with van der Waals surface area (Å²) in [6, 6.07) is 46.2. The fourth-order valence-corrected chi connectivity index (χ4v) is 7.54. The van der Waals surface area contributed by atoms with Crippen molar-refractivity contribution in [3.63, 3.8) is 0 Å². The van der Waals surface area contributed by atoms with Gasteiger partial charge in [0.1, 0.15) is 0 Å². The van der Waals surface area contributed by atoms with Crippen molar-refractivity contribution in [3.05, 3.63) is 151 Å². The predicted molar refractivity (Wildman–Crippen MR) is 185 cm³/mol. The van der Waals surface area contributed by atoms with E-state index < -0.39 is 0 Å². The van der Waals surface area contributed by atoms with Crippen LogP contribution in [-0.4, -0.2) is 0 Å². The molecule has 2 aliphatic carbocycles. The Labute approximate surface area is 256 Å². The monoisotopic (exact) mass is 557 g/mol. The Morgan fingerprint density at radius 2 is 1.20 bits per heavy atom. The lowest BCUT2D eigenvalue weighted by Crippen LogP contribution is -1.96. The van der Waals surface area contributed by atoms with Crippen LogP contribution in [0.2, 0.25) is 0 Å². The zero-order chi connectivity index (χ0) is 29.2. The van der Waals surface area contributed by atoms with Gasteiger partial charge in [0.25, 0.3) is 0 Å². The minimum absolute atomic E-state index is 0.689. The summed E-state index contributed by atoms with van der Waals surface area (Å²) in [4.78, 5) is 0. The highest BCUT2D eigenvalue weighted by Gasteiger charge is 2.31.